The second-order valence-corrected chi connectivity index (χ2v) is 5.46. The van der Waals surface area contributed by atoms with Crippen molar-refractivity contribution in [1.82, 2.24) is 10.6 Å². The first-order chi connectivity index (χ1) is 8.02. The Kier molecular flexibility index (Phi) is 3.40. The van der Waals surface area contributed by atoms with E-state index in [0.717, 1.165) is 18.8 Å². The summed E-state index contributed by atoms with van der Waals surface area (Å²) in [5.41, 5.74) is 2.64. The summed E-state index contributed by atoms with van der Waals surface area (Å²) in [6.07, 6.45) is 0. The Morgan fingerprint density at radius 1 is 1.35 bits per heavy atom. The normalized spacial score (nSPS) is 23.4. The van der Waals surface area contributed by atoms with Crippen molar-refractivity contribution in [2.24, 2.45) is 0 Å². The third-order valence-corrected chi connectivity index (χ3v) is 3.24. The molecule has 1 aliphatic rings. The first kappa shape index (κ1) is 12.4. The molecule has 0 bridgehead atoms. The number of hydrogen-bond acceptors (Lipinski definition) is 3. The molecule has 1 aromatic rings. The van der Waals surface area contributed by atoms with Crippen molar-refractivity contribution in [2.75, 3.05) is 20.2 Å². The molecule has 3 nitrogen and oxygen atoms in total. The third kappa shape index (κ3) is 2.79. The summed E-state index contributed by atoms with van der Waals surface area (Å²) in [7, 11) is 1.73. The van der Waals surface area contributed by atoms with Crippen molar-refractivity contribution in [1.29, 1.82) is 0 Å². The number of hydrogen-bond donors (Lipinski definition) is 2. The van der Waals surface area contributed by atoms with Crippen LogP contribution in [0.25, 0.3) is 0 Å². The Bertz CT molecular complexity index is 401. The average Bonchev–Trinajstić information content (AvgIpc) is 2.27. The van der Waals surface area contributed by atoms with Crippen LogP contribution in [0.1, 0.15) is 31.0 Å². The van der Waals surface area contributed by atoms with Gasteiger partial charge in [-0.15, -0.1) is 0 Å². The van der Waals surface area contributed by atoms with Crippen molar-refractivity contribution in [3.8, 4) is 5.75 Å². The minimum atomic E-state index is 0.123. The van der Waals surface area contributed by atoms with Crippen LogP contribution in [0.15, 0.2) is 18.2 Å². The fourth-order valence-electron chi connectivity index (χ4n) is 2.42. The number of methoxy groups -OCH3 is 1. The van der Waals surface area contributed by atoms with E-state index in [2.05, 4.69) is 43.5 Å². The fourth-order valence-corrected chi connectivity index (χ4v) is 2.42. The standard InChI is InChI=1S/C14H22N2O/c1-10-5-6-13(17-4)11(7-10)12-8-15-9-14(2,3)16-12/h5-7,12,15-16H,8-9H2,1-4H3. The lowest BCUT2D eigenvalue weighted by Crippen LogP contribution is -2.56. The maximum Gasteiger partial charge on any atom is 0.123 e. The summed E-state index contributed by atoms with van der Waals surface area (Å²) < 4.78 is 5.45. The number of ether oxygens (including phenoxy) is 1. The number of nitrogens with one attached hydrogen (secondary N) is 2. The van der Waals surface area contributed by atoms with Crippen LogP contribution in [0.5, 0.6) is 5.75 Å². The number of piperazine rings is 1. The van der Waals surface area contributed by atoms with Crippen LogP contribution < -0.4 is 15.4 Å². The molecule has 0 aromatic heterocycles. The van der Waals surface area contributed by atoms with Gasteiger partial charge < -0.3 is 15.4 Å². The van der Waals surface area contributed by atoms with Crippen LogP contribution in [0.3, 0.4) is 0 Å². The van der Waals surface area contributed by atoms with E-state index >= 15 is 0 Å². The van der Waals surface area contributed by atoms with E-state index in [9.17, 15) is 0 Å². The highest BCUT2D eigenvalue weighted by atomic mass is 16.5. The second-order valence-electron chi connectivity index (χ2n) is 5.46. The van der Waals surface area contributed by atoms with E-state index in [4.69, 9.17) is 4.74 Å². The summed E-state index contributed by atoms with van der Waals surface area (Å²) >= 11 is 0. The van der Waals surface area contributed by atoms with Gasteiger partial charge in [-0.25, -0.2) is 0 Å². The van der Waals surface area contributed by atoms with Gasteiger partial charge in [0.05, 0.1) is 7.11 Å². The number of rotatable bonds is 2. The zero-order chi connectivity index (χ0) is 12.5. The molecule has 0 aliphatic carbocycles. The quantitative estimate of drug-likeness (QED) is 0.821. The van der Waals surface area contributed by atoms with Gasteiger partial charge in [-0.3, -0.25) is 0 Å². The maximum absolute atomic E-state index is 5.45. The summed E-state index contributed by atoms with van der Waals surface area (Å²) in [4.78, 5) is 0. The van der Waals surface area contributed by atoms with Crippen LogP contribution in [-0.4, -0.2) is 25.7 Å². The van der Waals surface area contributed by atoms with Gasteiger partial charge in [-0.05, 0) is 26.8 Å². The zero-order valence-electron chi connectivity index (χ0n) is 11.1. The third-order valence-electron chi connectivity index (χ3n) is 3.24. The molecule has 3 heteroatoms. The van der Waals surface area contributed by atoms with E-state index in [1.807, 2.05) is 6.07 Å². The first-order valence-electron chi connectivity index (χ1n) is 6.15. The van der Waals surface area contributed by atoms with Crippen LogP contribution in [0, 0.1) is 6.92 Å². The predicted molar refractivity (Wildman–Crippen MR) is 70.6 cm³/mol. The molecule has 1 aliphatic heterocycles. The molecule has 0 amide bonds. The summed E-state index contributed by atoms with van der Waals surface area (Å²) in [6.45, 7) is 8.49. The molecule has 1 unspecified atom stereocenters. The Hall–Kier alpha value is -1.06. The van der Waals surface area contributed by atoms with E-state index in [-0.39, 0.29) is 5.54 Å². The Morgan fingerprint density at radius 3 is 2.76 bits per heavy atom. The van der Waals surface area contributed by atoms with Crippen molar-refractivity contribution in [3.05, 3.63) is 29.3 Å². The summed E-state index contributed by atoms with van der Waals surface area (Å²) in [6, 6.07) is 6.66. The van der Waals surface area contributed by atoms with Crippen LogP contribution in [0.4, 0.5) is 0 Å². The Morgan fingerprint density at radius 2 is 2.12 bits per heavy atom. The summed E-state index contributed by atoms with van der Waals surface area (Å²) in [5.74, 6) is 0.965. The topological polar surface area (TPSA) is 33.3 Å². The molecule has 1 saturated heterocycles. The van der Waals surface area contributed by atoms with Crippen molar-refractivity contribution >= 4 is 0 Å². The van der Waals surface area contributed by atoms with Gasteiger partial charge in [0.1, 0.15) is 5.75 Å². The van der Waals surface area contributed by atoms with Crippen LogP contribution in [0.2, 0.25) is 0 Å². The highest BCUT2D eigenvalue weighted by Gasteiger charge is 2.28. The molecule has 0 saturated carbocycles. The SMILES string of the molecule is COc1ccc(C)cc1C1CNCC(C)(C)N1. The highest BCUT2D eigenvalue weighted by molar-refractivity contribution is 5.39. The van der Waals surface area contributed by atoms with Gasteiger partial charge in [0.15, 0.2) is 0 Å². The molecule has 2 rings (SSSR count). The van der Waals surface area contributed by atoms with Crippen LogP contribution >= 0.6 is 0 Å². The molecular weight excluding hydrogens is 212 g/mol. The van der Waals surface area contributed by atoms with Gasteiger partial charge in [0.2, 0.25) is 0 Å². The maximum atomic E-state index is 5.45. The molecule has 0 spiro atoms. The monoisotopic (exact) mass is 234 g/mol. The molecule has 0 radical (unpaired) electrons. The first-order valence-corrected chi connectivity index (χ1v) is 6.15. The van der Waals surface area contributed by atoms with E-state index in [1.54, 1.807) is 7.11 Å². The van der Waals surface area contributed by atoms with Gasteiger partial charge >= 0.3 is 0 Å². The van der Waals surface area contributed by atoms with Gasteiger partial charge in [-0.2, -0.15) is 0 Å². The van der Waals surface area contributed by atoms with Crippen molar-refractivity contribution < 1.29 is 4.74 Å². The van der Waals surface area contributed by atoms with Gasteiger partial charge in [0.25, 0.3) is 0 Å². The smallest absolute Gasteiger partial charge is 0.123 e. The minimum Gasteiger partial charge on any atom is -0.496 e. The van der Waals surface area contributed by atoms with Crippen LogP contribution in [-0.2, 0) is 0 Å². The molecule has 2 N–H and O–H groups in total. The molecule has 94 valence electrons. The number of aryl methyl sites for hydroxylation is 1. The summed E-state index contributed by atoms with van der Waals surface area (Å²) in [5, 5.41) is 7.14. The molecule has 1 atom stereocenters. The molecule has 1 aromatic carbocycles. The minimum absolute atomic E-state index is 0.123. The average molecular weight is 234 g/mol. The lowest BCUT2D eigenvalue weighted by atomic mass is 9.95. The van der Waals surface area contributed by atoms with E-state index < -0.39 is 0 Å². The lowest BCUT2D eigenvalue weighted by molar-refractivity contribution is 0.260. The molecular formula is C14H22N2O. The largest absolute Gasteiger partial charge is 0.496 e. The predicted octanol–water partition coefficient (Wildman–Crippen LogP) is 2.02. The van der Waals surface area contributed by atoms with E-state index in [0.29, 0.717) is 6.04 Å². The zero-order valence-corrected chi connectivity index (χ0v) is 11.1. The molecule has 17 heavy (non-hydrogen) atoms. The second kappa shape index (κ2) is 4.67. The van der Waals surface area contributed by atoms with Gasteiger partial charge in [-0.1, -0.05) is 17.7 Å². The van der Waals surface area contributed by atoms with E-state index in [1.165, 1.54) is 11.1 Å². The van der Waals surface area contributed by atoms with Crippen molar-refractivity contribution in [3.63, 3.8) is 0 Å². The van der Waals surface area contributed by atoms with Crippen molar-refractivity contribution in [2.45, 2.75) is 32.4 Å². The fraction of sp³-hybridized carbons (Fsp3) is 0.571. The lowest BCUT2D eigenvalue weighted by Gasteiger charge is -2.38. The van der Waals surface area contributed by atoms with Gasteiger partial charge in [0, 0.05) is 30.2 Å². The Balaban J connectivity index is 2.29. The number of benzene rings is 1. The molecule has 1 fully saturated rings. The Labute approximate surface area is 104 Å². The highest BCUT2D eigenvalue weighted by Crippen LogP contribution is 2.28. The molecule has 1 heterocycles.